The number of hydrogen-bond acceptors (Lipinski definition) is 4. The van der Waals surface area contributed by atoms with Gasteiger partial charge in [-0.2, -0.15) is 0 Å². The lowest BCUT2D eigenvalue weighted by Crippen LogP contribution is -2.30. The molecule has 1 unspecified atom stereocenters. The molecule has 114 valence electrons. The molecule has 6 nitrogen and oxygen atoms in total. The van der Waals surface area contributed by atoms with Gasteiger partial charge < -0.3 is 9.72 Å². The van der Waals surface area contributed by atoms with Crippen LogP contribution in [0.15, 0.2) is 23.0 Å². The average Bonchev–Trinajstić information content (AvgIpc) is 2.74. The zero-order chi connectivity index (χ0) is 15.0. The summed E-state index contributed by atoms with van der Waals surface area (Å²) in [6.07, 6.45) is 1.51. The van der Waals surface area contributed by atoms with Crippen LogP contribution in [0.25, 0.3) is 11.0 Å². The van der Waals surface area contributed by atoms with E-state index in [1.54, 1.807) is 17.7 Å². The summed E-state index contributed by atoms with van der Waals surface area (Å²) in [5, 5.41) is 0. The van der Waals surface area contributed by atoms with Crippen LogP contribution in [-0.4, -0.2) is 36.6 Å². The Morgan fingerprint density at radius 3 is 2.95 bits per heavy atom. The number of hydrogen-bond donors (Lipinski definition) is 1. The molecule has 0 radical (unpaired) electrons. The van der Waals surface area contributed by atoms with Crippen LogP contribution in [0.2, 0.25) is 0 Å². The van der Waals surface area contributed by atoms with Gasteiger partial charge in [0.05, 0.1) is 24.1 Å². The summed E-state index contributed by atoms with van der Waals surface area (Å²) in [7, 11) is -1.41. The number of aromatic amines is 1. The van der Waals surface area contributed by atoms with Crippen molar-refractivity contribution in [2.24, 2.45) is 5.92 Å². The first kappa shape index (κ1) is 14.2. The van der Waals surface area contributed by atoms with Gasteiger partial charge in [0.2, 0.25) is 0 Å². The van der Waals surface area contributed by atoms with Gasteiger partial charge >= 0.3 is 5.69 Å². The summed E-state index contributed by atoms with van der Waals surface area (Å²) in [4.78, 5) is 14.9. The molecule has 1 N–H and O–H groups in total. The summed E-state index contributed by atoms with van der Waals surface area (Å²) in [5.74, 6) is 1.03. The largest absolute Gasteiger partial charge is 0.494 e. The minimum absolute atomic E-state index is 0.00773. The van der Waals surface area contributed by atoms with Crippen LogP contribution in [0, 0.1) is 5.92 Å². The van der Waals surface area contributed by atoms with Crippen molar-refractivity contribution in [1.29, 1.82) is 0 Å². The number of nitrogens with zero attached hydrogens (tertiary/aromatic N) is 1. The molecule has 2 heterocycles. The van der Waals surface area contributed by atoms with E-state index >= 15 is 0 Å². The van der Waals surface area contributed by atoms with Gasteiger partial charge in [-0.15, -0.1) is 0 Å². The van der Waals surface area contributed by atoms with Gasteiger partial charge in [0.1, 0.15) is 11.3 Å². The summed E-state index contributed by atoms with van der Waals surface area (Å²) in [6, 6.07) is 5.45. The lowest BCUT2D eigenvalue weighted by atomic mass is 10.1. The second-order valence-electron chi connectivity index (χ2n) is 5.52. The second-order valence-corrected chi connectivity index (χ2v) is 7.75. The first-order valence-electron chi connectivity index (χ1n) is 6.96. The number of fused-ring (bicyclic) bond motifs is 1. The minimum Gasteiger partial charge on any atom is -0.494 e. The molecule has 0 spiro atoms. The number of ether oxygens (including phenoxy) is 1. The highest BCUT2D eigenvalue weighted by Gasteiger charge is 2.26. The van der Waals surface area contributed by atoms with Crippen LogP contribution in [0.5, 0.6) is 5.75 Å². The van der Waals surface area contributed by atoms with Crippen LogP contribution >= 0.6 is 0 Å². The van der Waals surface area contributed by atoms with E-state index in [1.165, 1.54) is 0 Å². The van der Waals surface area contributed by atoms with Gasteiger partial charge in [-0.1, -0.05) is 6.07 Å². The van der Waals surface area contributed by atoms with E-state index in [0.29, 0.717) is 24.2 Å². The molecule has 1 atom stereocenters. The maximum atomic E-state index is 12.1. The topological polar surface area (TPSA) is 81.2 Å². The van der Waals surface area contributed by atoms with E-state index in [4.69, 9.17) is 4.74 Å². The van der Waals surface area contributed by atoms with E-state index in [0.717, 1.165) is 11.9 Å². The predicted octanol–water partition coefficient (Wildman–Crippen LogP) is 1.16. The van der Waals surface area contributed by atoms with Crippen molar-refractivity contribution in [2.75, 3.05) is 18.6 Å². The number of para-hydroxylation sites is 1. The Kier molecular flexibility index (Phi) is 3.52. The van der Waals surface area contributed by atoms with Crippen molar-refractivity contribution >= 4 is 20.9 Å². The lowest BCUT2D eigenvalue weighted by molar-refractivity contribution is 0.418. The molecule has 1 aromatic carbocycles. The van der Waals surface area contributed by atoms with E-state index in [1.807, 2.05) is 12.1 Å². The number of imidazole rings is 1. The van der Waals surface area contributed by atoms with Crippen molar-refractivity contribution in [1.82, 2.24) is 9.55 Å². The van der Waals surface area contributed by atoms with E-state index in [9.17, 15) is 13.2 Å². The van der Waals surface area contributed by atoms with E-state index in [2.05, 4.69) is 4.98 Å². The normalized spacial score (nSPS) is 21.5. The van der Waals surface area contributed by atoms with Crippen molar-refractivity contribution in [3.05, 3.63) is 28.7 Å². The third-order valence-corrected chi connectivity index (χ3v) is 5.88. The average molecular weight is 310 g/mol. The molecule has 1 aliphatic heterocycles. The number of sulfone groups is 1. The molecule has 0 saturated carbocycles. The zero-order valence-electron chi connectivity index (χ0n) is 11.8. The summed E-state index contributed by atoms with van der Waals surface area (Å²) in [6.45, 7) is 0.422. The first-order chi connectivity index (χ1) is 10.00. The van der Waals surface area contributed by atoms with Gasteiger partial charge in [0.25, 0.3) is 0 Å². The third kappa shape index (κ3) is 2.70. The Hall–Kier alpha value is -1.76. The highest BCUT2D eigenvalue weighted by molar-refractivity contribution is 7.91. The maximum absolute atomic E-state index is 12.1. The Bertz CT molecular complexity index is 819. The highest BCUT2D eigenvalue weighted by atomic mass is 32.2. The number of nitrogens with one attached hydrogen (secondary N) is 1. The molecule has 3 rings (SSSR count). The number of H-pyrrole nitrogens is 1. The van der Waals surface area contributed by atoms with Crippen molar-refractivity contribution in [2.45, 2.75) is 19.4 Å². The molecule has 2 aromatic rings. The van der Waals surface area contributed by atoms with Crippen LogP contribution in [0.3, 0.4) is 0 Å². The number of rotatable bonds is 3. The van der Waals surface area contributed by atoms with Gasteiger partial charge in [-0.25, -0.2) is 13.2 Å². The van der Waals surface area contributed by atoms with E-state index < -0.39 is 9.84 Å². The molecule has 0 bridgehead atoms. The maximum Gasteiger partial charge on any atom is 0.326 e. The third-order valence-electron chi connectivity index (χ3n) is 3.99. The molecule has 1 aliphatic rings. The fraction of sp³-hybridized carbons (Fsp3) is 0.500. The van der Waals surface area contributed by atoms with Gasteiger partial charge in [0.15, 0.2) is 9.84 Å². The Labute approximate surface area is 122 Å². The number of aromatic nitrogens is 2. The minimum atomic E-state index is -2.96. The first-order valence-corrected chi connectivity index (χ1v) is 8.78. The lowest BCUT2D eigenvalue weighted by Gasteiger charge is -2.22. The van der Waals surface area contributed by atoms with Gasteiger partial charge in [0, 0.05) is 6.54 Å². The summed E-state index contributed by atoms with van der Waals surface area (Å²) in [5.41, 5.74) is 1.18. The predicted molar refractivity (Wildman–Crippen MR) is 80.5 cm³/mol. The van der Waals surface area contributed by atoms with Crippen LogP contribution in [-0.2, 0) is 16.4 Å². The van der Waals surface area contributed by atoms with Gasteiger partial charge in [-0.3, -0.25) is 4.57 Å². The van der Waals surface area contributed by atoms with Crippen molar-refractivity contribution in [3.63, 3.8) is 0 Å². The van der Waals surface area contributed by atoms with Crippen molar-refractivity contribution < 1.29 is 13.2 Å². The fourth-order valence-corrected chi connectivity index (χ4v) is 4.79. The van der Waals surface area contributed by atoms with E-state index in [-0.39, 0.29) is 23.1 Å². The standard InChI is InChI=1S/C14H18N2O4S/c1-20-12-6-2-5-11-13(12)15-14(17)16(11)8-10-4-3-7-21(18,19)9-10/h2,5-6,10H,3-4,7-9H2,1H3,(H,15,17). The molecule has 1 fully saturated rings. The molecule has 1 aromatic heterocycles. The molecule has 1 saturated heterocycles. The Morgan fingerprint density at radius 1 is 1.43 bits per heavy atom. The summed E-state index contributed by atoms with van der Waals surface area (Å²) < 4.78 is 30.3. The Morgan fingerprint density at radius 2 is 2.24 bits per heavy atom. The molecular weight excluding hydrogens is 292 g/mol. The molecule has 7 heteroatoms. The smallest absolute Gasteiger partial charge is 0.326 e. The van der Waals surface area contributed by atoms with Crippen molar-refractivity contribution in [3.8, 4) is 5.75 Å². The number of methoxy groups -OCH3 is 1. The Balaban J connectivity index is 1.98. The molecule has 0 aliphatic carbocycles. The molecular formula is C14H18N2O4S. The summed E-state index contributed by atoms with van der Waals surface area (Å²) >= 11 is 0. The fourth-order valence-electron chi connectivity index (χ4n) is 3.03. The second kappa shape index (κ2) is 5.22. The van der Waals surface area contributed by atoms with Crippen LogP contribution in [0.1, 0.15) is 12.8 Å². The van der Waals surface area contributed by atoms with Crippen LogP contribution < -0.4 is 10.4 Å². The SMILES string of the molecule is COc1cccc2c1[nH]c(=O)n2CC1CCCS(=O)(=O)C1. The number of benzene rings is 1. The molecule has 0 amide bonds. The monoisotopic (exact) mass is 310 g/mol. The quantitative estimate of drug-likeness (QED) is 0.922. The zero-order valence-corrected chi connectivity index (χ0v) is 12.6. The van der Waals surface area contributed by atoms with Gasteiger partial charge in [-0.05, 0) is 30.9 Å². The highest BCUT2D eigenvalue weighted by Crippen LogP contribution is 2.25. The van der Waals surface area contributed by atoms with Crippen LogP contribution in [0.4, 0.5) is 0 Å². The molecule has 21 heavy (non-hydrogen) atoms.